The second-order valence-electron chi connectivity index (χ2n) is 10.5. The lowest BCUT2D eigenvalue weighted by Gasteiger charge is -2.23. The van der Waals surface area contributed by atoms with Gasteiger partial charge in [0.05, 0.1) is 38.4 Å². The Labute approximate surface area is 243 Å². The zero-order valence-corrected chi connectivity index (χ0v) is 24.2. The molecule has 0 unspecified atom stereocenters. The van der Waals surface area contributed by atoms with Crippen LogP contribution in [0.25, 0.3) is 33.4 Å². The number of nitrogens with zero attached hydrogens (tertiary/aromatic N) is 5. The molecule has 6 rings (SSSR count). The number of esters is 1. The van der Waals surface area contributed by atoms with E-state index in [4.69, 9.17) is 14.5 Å². The summed E-state index contributed by atoms with van der Waals surface area (Å²) in [4.78, 5) is 26.0. The van der Waals surface area contributed by atoms with Crippen molar-refractivity contribution in [1.82, 2.24) is 24.1 Å². The summed E-state index contributed by atoms with van der Waals surface area (Å²) in [5, 5.41) is 0.815. The summed E-state index contributed by atoms with van der Waals surface area (Å²) in [6, 6.07) is 7.42. The molecular formula is C33H30FN5O3. The van der Waals surface area contributed by atoms with Crippen LogP contribution in [0.5, 0.6) is 5.75 Å². The highest BCUT2D eigenvalue weighted by Gasteiger charge is 2.26. The number of halogens is 1. The molecular weight excluding hydrogens is 533 g/mol. The molecule has 42 heavy (non-hydrogen) atoms. The van der Waals surface area contributed by atoms with Crippen LogP contribution in [0.15, 0.2) is 43.0 Å². The van der Waals surface area contributed by atoms with Crippen LogP contribution in [0.1, 0.15) is 40.2 Å². The van der Waals surface area contributed by atoms with Crippen molar-refractivity contribution in [2.45, 2.75) is 33.1 Å². The number of hydrogen-bond acceptors (Lipinski definition) is 6. The smallest absolute Gasteiger partial charge is 0.310 e. The number of carbonyl (C=O) groups excluding carboxylic acids is 1. The zero-order valence-electron chi connectivity index (χ0n) is 24.2. The maximum Gasteiger partial charge on any atom is 0.310 e. The van der Waals surface area contributed by atoms with E-state index in [1.165, 1.54) is 13.2 Å². The molecule has 0 saturated carbocycles. The molecule has 9 heteroatoms. The van der Waals surface area contributed by atoms with Gasteiger partial charge in [-0.3, -0.25) is 4.79 Å². The molecule has 5 aromatic rings. The molecule has 0 atom stereocenters. The van der Waals surface area contributed by atoms with Crippen molar-refractivity contribution >= 4 is 17.0 Å². The van der Waals surface area contributed by atoms with Crippen LogP contribution in [-0.4, -0.2) is 43.8 Å². The highest BCUT2D eigenvalue weighted by molar-refractivity contribution is 6.01. The minimum absolute atomic E-state index is 0.0164. The summed E-state index contributed by atoms with van der Waals surface area (Å²) in [6.45, 7) is 4.36. The third-order valence-electron chi connectivity index (χ3n) is 7.93. The normalized spacial score (nSPS) is 12.4. The van der Waals surface area contributed by atoms with E-state index in [1.54, 1.807) is 18.7 Å². The number of aryl methyl sites for hydroxylation is 3. The molecule has 0 aliphatic carbocycles. The third kappa shape index (κ3) is 4.69. The predicted octanol–water partition coefficient (Wildman–Crippen LogP) is 5.23. The molecule has 212 valence electrons. The molecule has 0 saturated heterocycles. The van der Waals surface area contributed by atoms with Gasteiger partial charge in [0.1, 0.15) is 17.0 Å². The topological polar surface area (TPSA) is 84.1 Å². The van der Waals surface area contributed by atoms with Crippen molar-refractivity contribution in [2.75, 3.05) is 13.7 Å². The van der Waals surface area contributed by atoms with Crippen LogP contribution < -0.4 is 4.74 Å². The number of imidazole rings is 1. The van der Waals surface area contributed by atoms with Gasteiger partial charge < -0.3 is 18.6 Å². The number of ether oxygens (including phenoxy) is 2. The van der Waals surface area contributed by atoms with Crippen molar-refractivity contribution in [1.29, 1.82) is 0 Å². The van der Waals surface area contributed by atoms with E-state index in [1.807, 2.05) is 55.3 Å². The highest BCUT2D eigenvalue weighted by atomic mass is 19.1. The van der Waals surface area contributed by atoms with E-state index in [-0.39, 0.29) is 12.4 Å². The summed E-state index contributed by atoms with van der Waals surface area (Å²) < 4.78 is 30.1. The molecule has 0 fully saturated rings. The van der Waals surface area contributed by atoms with Gasteiger partial charge in [-0.15, -0.1) is 0 Å². The van der Waals surface area contributed by atoms with Crippen LogP contribution in [0.4, 0.5) is 4.39 Å². The SMILES string of the molecule is COC(=O)Cc1c(C)nc2c(cc(-c3ccnc(C#Cc4cncn4C)c3)n2C)c1-c1cc(F)c2c(c1C)CCCO2. The van der Waals surface area contributed by atoms with Crippen LogP contribution in [0.3, 0.4) is 0 Å². The molecule has 8 nitrogen and oxygen atoms in total. The minimum Gasteiger partial charge on any atom is -0.490 e. The fourth-order valence-electron chi connectivity index (χ4n) is 5.68. The standard InChI is InChI=1S/C33H30FN5O3/c1-19-24-7-6-12-42-32(24)28(34)14-25(19)31-26(16-30(40)41-5)20(2)37-33-27(31)15-29(39(33)4)21-10-11-36-22(13-21)8-9-23-17-35-18-38(23)3/h10-11,13-15,17-18H,6-7,12,16H2,1-5H3. The first-order valence-corrected chi connectivity index (χ1v) is 13.7. The van der Waals surface area contributed by atoms with E-state index in [0.29, 0.717) is 29.3 Å². The Morgan fingerprint density at radius 2 is 2.02 bits per heavy atom. The molecule has 0 N–H and O–H groups in total. The Hall–Kier alpha value is -4.97. The lowest BCUT2D eigenvalue weighted by molar-refractivity contribution is -0.139. The number of carbonyl (C=O) groups is 1. The van der Waals surface area contributed by atoms with Crippen LogP contribution in [-0.2, 0) is 36.5 Å². The molecule has 0 radical (unpaired) electrons. The van der Waals surface area contributed by atoms with Gasteiger partial charge >= 0.3 is 5.97 Å². The number of rotatable bonds is 4. The average Bonchev–Trinajstić information content (AvgIpc) is 3.56. The zero-order chi connectivity index (χ0) is 29.5. The van der Waals surface area contributed by atoms with Gasteiger partial charge in [0.25, 0.3) is 0 Å². The Bertz CT molecular complexity index is 1940. The van der Waals surface area contributed by atoms with Gasteiger partial charge in [-0.25, -0.2) is 19.3 Å². The van der Waals surface area contributed by atoms with Gasteiger partial charge in [0.15, 0.2) is 11.6 Å². The summed E-state index contributed by atoms with van der Waals surface area (Å²) in [7, 11) is 5.20. The first-order chi connectivity index (χ1) is 20.3. The Morgan fingerprint density at radius 3 is 2.79 bits per heavy atom. The monoisotopic (exact) mass is 563 g/mol. The van der Waals surface area contributed by atoms with Crippen molar-refractivity contribution < 1.29 is 18.7 Å². The second kappa shape index (κ2) is 10.8. The van der Waals surface area contributed by atoms with Crippen molar-refractivity contribution in [3.05, 3.63) is 82.6 Å². The van der Waals surface area contributed by atoms with E-state index >= 15 is 4.39 Å². The van der Waals surface area contributed by atoms with E-state index in [9.17, 15) is 4.79 Å². The largest absolute Gasteiger partial charge is 0.490 e. The number of methoxy groups -OCH3 is 1. The molecule has 1 aliphatic heterocycles. The van der Waals surface area contributed by atoms with E-state index < -0.39 is 5.82 Å². The molecule has 1 aliphatic rings. The van der Waals surface area contributed by atoms with E-state index in [0.717, 1.165) is 63.1 Å². The Morgan fingerprint density at radius 1 is 1.19 bits per heavy atom. The van der Waals surface area contributed by atoms with Crippen LogP contribution in [0, 0.1) is 31.5 Å². The average molecular weight is 564 g/mol. The van der Waals surface area contributed by atoms with Crippen LogP contribution >= 0.6 is 0 Å². The summed E-state index contributed by atoms with van der Waals surface area (Å²) in [6.07, 6.45) is 6.70. The first-order valence-electron chi connectivity index (χ1n) is 13.7. The molecule has 5 heterocycles. The van der Waals surface area contributed by atoms with Crippen molar-refractivity contribution in [3.8, 4) is 40.0 Å². The molecule has 0 spiro atoms. The minimum atomic E-state index is -0.404. The second-order valence-corrected chi connectivity index (χ2v) is 10.5. The van der Waals surface area contributed by atoms with Gasteiger partial charge in [-0.05, 0) is 85.0 Å². The number of aromatic nitrogens is 5. The summed E-state index contributed by atoms with van der Waals surface area (Å²) >= 11 is 0. The summed E-state index contributed by atoms with van der Waals surface area (Å²) in [5.74, 6) is 5.77. The number of benzene rings is 1. The fraction of sp³-hybridized carbons (Fsp3) is 0.273. The van der Waals surface area contributed by atoms with Gasteiger partial charge in [0, 0.05) is 42.5 Å². The fourth-order valence-corrected chi connectivity index (χ4v) is 5.68. The quantitative estimate of drug-likeness (QED) is 0.220. The molecule has 1 aromatic carbocycles. The van der Waals surface area contributed by atoms with Crippen LogP contribution in [0.2, 0.25) is 0 Å². The molecule has 0 amide bonds. The maximum absolute atomic E-state index is 15.5. The lowest BCUT2D eigenvalue weighted by atomic mass is 9.87. The Kier molecular flexibility index (Phi) is 6.99. The third-order valence-corrected chi connectivity index (χ3v) is 7.93. The maximum atomic E-state index is 15.5. The first kappa shape index (κ1) is 27.2. The number of fused-ring (bicyclic) bond motifs is 2. The highest BCUT2D eigenvalue weighted by Crippen LogP contribution is 2.43. The predicted molar refractivity (Wildman–Crippen MR) is 158 cm³/mol. The number of hydrogen-bond donors (Lipinski definition) is 0. The number of pyridine rings is 2. The van der Waals surface area contributed by atoms with Gasteiger partial charge in [-0.2, -0.15) is 0 Å². The van der Waals surface area contributed by atoms with Crippen molar-refractivity contribution in [3.63, 3.8) is 0 Å². The van der Waals surface area contributed by atoms with Gasteiger partial charge in [0.2, 0.25) is 0 Å². The summed E-state index contributed by atoms with van der Waals surface area (Å²) in [5.41, 5.74) is 8.61. The van der Waals surface area contributed by atoms with Crippen molar-refractivity contribution in [2.24, 2.45) is 14.1 Å². The van der Waals surface area contributed by atoms with E-state index in [2.05, 4.69) is 21.8 Å². The van der Waals surface area contributed by atoms with Gasteiger partial charge in [-0.1, -0.05) is 0 Å². The Balaban J connectivity index is 1.57. The lowest BCUT2D eigenvalue weighted by Crippen LogP contribution is -2.13. The molecule has 0 bridgehead atoms. The molecule has 4 aromatic heterocycles.